The summed E-state index contributed by atoms with van der Waals surface area (Å²) in [4.78, 5) is 14.0. The molecule has 0 aliphatic heterocycles. The van der Waals surface area contributed by atoms with Crippen LogP contribution in [0, 0.1) is 0 Å². The number of carbonyl (C=O) groups excluding carboxylic acids is 1. The Balaban J connectivity index is 3.03. The molecule has 0 radical (unpaired) electrons. The Morgan fingerprint density at radius 1 is 1.38 bits per heavy atom. The lowest BCUT2D eigenvalue weighted by molar-refractivity contribution is -0.137. The van der Waals surface area contributed by atoms with Crippen LogP contribution in [0.25, 0.3) is 0 Å². The number of ether oxygens (including phenoxy) is 2. The highest BCUT2D eigenvalue weighted by molar-refractivity contribution is 6.30. The van der Waals surface area contributed by atoms with Gasteiger partial charge < -0.3 is 20.1 Å². The van der Waals surface area contributed by atoms with Crippen molar-refractivity contribution in [2.24, 2.45) is 5.73 Å². The largest absolute Gasteiger partial charge is 0.493 e. The molecule has 1 aromatic rings. The zero-order chi connectivity index (χ0) is 16.0. The molecule has 1 aromatic carbocycles. The first-order valence-corrected chi connectivity index (χ1v) is 7.38. The van der Waals surface area contributed by atoms with E-state index in [1.807, 2.05) is 13.8 Å². The molecule has 5 nitrogen and oxygen atoms in total. The van der Waals surface area contributed by atoms with Crippen molar-refractivity contribution in [1.29, 1.82) is 0 Å². The lowest BCUT2D eigenvalue weighted by atomic mass is 10.2. The van der Waals surface area contributed by atoms with Crippen LogP contribution in [0.1, 0.15) is 26.3 Å². The van der Waals surface area contributed by atoms with Crippen LogP contribution in [0.3, 0.4) is 0 Å². The van der Waals surface area contributed by atoms with E-state index in [0.29, 0.717) is 35.2 Å². The Kier molecular flexibility index (Phi) is 6.78. The molecule has 1 rings (SSSR count). The van der Waals surface area contributed by atoms with Gasteiger partial charge in [-0.3, -0.25) is 4.79 Å². The van der Waals surface area contributed by atoms with Crippen LogP contribution in [0.5, 0.6) is 11.5 Å². The van der Waals surface area contributed by atoms with E-state index in [2.05, 4.69) is 0 Å². The molecular weight excluding hydrogens is 292 g/mol. The second-order valence-electron chi connectivity index (χ2n) is 4.57. The summed E-state index contributed by atoms with van der Waals surface area (Å²) in [7, 11) is 1.52. The average molecular weight is 315 g/mol. The van der Waals surface area contributed by atoms with Gasteiger partial charge in [0.05, 0.1) is 7.11 Å². The number of nitrogens with zero attached hydrogens (tertiary/aromatic N) is 1. The Morgan fingerprint density at radius 2 is 2.00 bits per heavy atom. The minimum absolute atomic E-state index is 0.0695. The number of halogens is 1. The number of methoxy groups -OCH3 is 1. The SMILES string of the molecule is CCN(CC)C(=O)C(C)Oc1c(CN)cc(Cl)cc1OC. The highest BCUT2D eigenvalue weighted by Crippen LogP contribution is 2.35. The molecule has 0 aliphatic rings. The van der Waals surface area contributed by atoms with Crippen molar-refractivity contribution in [3.05, 3.63) is 22.7 Å². The summed E-state index contributed by atoms with van der Waals surface area (Å²) < 4.78 is 11.1. The van der Waals surface area contributed by atoms with Crippen molar-refractivity contribution in [3.63, 3.8) is 0 Å². The van der Waals surface area contributed by atoms with Crippen LogP contribution in [0.15, 0.2) is 12.1 Å². The van der Waals surface area contributed by atoms with Crippen LogP contribution in [-0.4, -0.2) is 37.1 Å². The summed E-state index contributed by atoms with van der Waals surface area (Å²) in [5.74, 6) is 0.875. The van der Waals surface area contributed by atoms with Crippen molar-refractivity contribution in [1.82, 2.24) is 4.90 Å². The molecule has 0 fully saturated rings. The molecule has 0 aliphatic carbocycles. The topological polar surface area (TPSA) is 64.8 Å². The average Bonchev–Trinajstić information content (AvgIpc) is 2.49. The maximum atomic E-state index is 12.3. The van der Waals surface area contributed by atoms with Crippen LogP contribution in [0.2, 0.25) is 5.02 Å². The molecule has 1 atom stereocenters. The predicted octanol–water partition coefficient (Wildman–Crippen LogP) is 2.44. The van der Waals surface area contributed by atoms with Crippen LogP contribution in [0.4, 0.5) is 0 Å². The van der Waals surface area contributed by atoms with E-state index in [9.17, 15) is 4.79 Å². The monoisotopic (exact) mass is 314 g/mol. The third-order valence-electron chi connectivity index (χ3n) is 3.25. The minimum Gasteiger partial charge on any atom is -0.493 e. The fourth-order valence-electron chi connectivity index (χ4n) is 2.08. The Labute approximate surface area is 131 Å². The summed E-state index contributed by atoms with van der Waals surface area (Å²) in [6.07, 6.45) is -0.620. The Bertz CT molecular complexity index is 465. The van der Waals surface area contributed by atoms with E-state index in [4.69, 9.17) is 26.8 Å². The molecule has 0 saturated carbocycles. The fourth-order valence-corrected chi connectivity index (χ4v) is 2.31. The third-order valence-corrected chi connectivity index (χ3v) is 3.47. The first-order chi connectivity index (χ1) is 9.98. The standard InChI is InChI=1S/C15H23ClN2O3/c1-5-18(6-2)15(19)10(3)21-14-11(9-17)7-12(16)8-13(14)20-4/h7-8,10H,5-6,9,17H2,1-4H3. The number of hydrogen-bond donors (Lipinski definition) is 1. The lowest BCUT2D eigenvalue weighted by Gasteiger charge is -2.25. The maximum Gasteiger partial charge on any atom is 0.263 e. The number of hydrogen-bond acceptors (Lipinski definition) is 4. The van der Waals surface area contributed by atoms with E-state index >= 15 is 0 Å². The van der Waals surface area contributed by atoms with Crippen molar-refractivity contribution >= 4 is 17.5 Å². The molecular formula is C15H23ClN2O3. The zero-order valence-corrected chi connectivity index (χ0v) is 13.7. The van der Waals surface area contributed by atoms with Crippen molar-refractivity contribution in [2.75, 3.05) is 20.2 Å². The second-order valence-corrected chi connectivity index (χ2v) is 5.01. The smallest absolute Gasteiger partial charge is 0.263 e. The molecule has 0 aromatic heterocycles. The molecule has 118 valence electrons. The highest BCUT2D eigenvalue weighted by atomic mass is 35.5. The van der Waals surface area contributed by atoms with Gasteiger partial charge in [-0.05, 0) is 26.8 Å². The molecule has 21 heavy (non-hydrogen) atoms. The van der Waals surface area contributed by atoms with Gasteiger partial charge in [0.25, 0.3) is 5.91 Å². The van der Waals surface area contributed by atoms with Gasteiger partial charge in [0.2, 0.25) is 0 Å². The third kappa shape index (κ3) is 4.25. The molecule has 0 heterocycles. The van der Waals surface area contributed by atoms with Crippen molar-refractivity contribution < 1.29 is 14.3 Å². The predicted molar refractivity (Wildman–Crippen MR) is 83.9 cm³/mol. The minimum atomic E-state index is -0.620. The molecule has 1 unspecified atom stereocenters. The number of likely N-dealkylation sites (N-methyl/N-ethyl adjacent to an activating group) is 1. The highest BCUT2D eigenvalue weighted by Gasteiger charge is 2.23. The van der Waals surface area contributed by atoms with Gasteiger partial charge in [-0.1, -0.05) is 11.6 Å². The van der Waals surface area contributed by atoms with Crippen LogP contribution in [-0.2, 0) is 11.3 Å². The maximum absolute atomic E-state index is 12.3. The van der Waals surface area contributed by atoms with Gasteiger partial charge in [-0.15, -0.1) is 0 Å². The summed E-state index contributed by atoms with van der Waals surface area (Å²) in [5.41, 5.74) is 6.42. The molecule has 0 spiro atoms. The summed E-state index contributed by atoms with van der Waals surface area (Å²) >= 11 is 6.01. The van der Waals surface area contributed by atoms with Gasteiger partial charge in [-0.2, -0.15) is 0 Å². The number of rotatable bonds is 7. The van der Waals surface area contributed by atoms with Crippen molar-refractivity contribution in [2.45, 2.75) is 33.4 Å². The molecule has 0 bridgehead atoms. The number of amides is 1. The van der Waals surface area contributed by atoms with E-state index in [-0.39, 0.29) is 12.5 Å². The summed E-state index contributed by atoms with van der Waals surface area (Å²) in [6.45, 7) is 7.12. The van der Waals surface area contributed by atoms with Crippen LogP contribution < -0.4 is 15.2 Å². The molecule has 2 N–H and O–H groups in total. The van der Waals surface area contributed by atoms with E-state index in [0.717, 1.165) is 0 Å². The van der Waals surface area contributed by atoms with Gasteiger partial charge in [0, 0.05) is 36.3 Å². The van der Waals surface area contributed by atoms with Gasteiger partial charge in [-0.25, -0.2) is 0 Å². The molecule has 6 heteroatoms. The second kappa shape index (κ2) is 8.10. The summed E-state index contributed by atoms with van der Waals surface area (Å²) in [5, 5.41) is 0.516. The van der Waals surface area contributed by atoms with E-state index in [1.165, 1.54) is 7.11 Å². The van der Waals surface area contributed by atoms with E-state index in [1.54, 1.807) is 24.0 Å². The van der Waals surface area contributed by atoms with Gasteiger partial charge >= 0.3 is 0 Å². The zero-order valence-electron chi connectivity index (χ0n) is 13.0. The fraction of sp³-hybridized carbons (Fsp3) is 0.533. The number of nitrogens with two attached hydrogens (primary N) is 1. The first kappa shape index (κ1) is 17.6. The number of benzene rings is 1. The lowest BCUT2D eigenvalue weighted by Crippen LogP contribution is -2.40. The first-order valence-electron chi connectivity index (χ1n) is 7.00. The number of carbonyl (C=O) groups is 1. The Morgan fingerprint density at radius 3 is 2.48 bits per heavy atom. The van der Waals surface area contributed by atoms with E-state index < -0.39 is 6.10 Å². The molecule has 0 saturated heterocycles. The normalized spacial score (nSPS) is 11.9. The quantitative estimate of drug-likeness (QED) is 0.839. The van der Waals surface area contributed by atoms with Crippen LogP contribution >= 0.6 is 11.6 Å². The van der Waals surface area contributed by atoms with Gasteiger partial charge in [0.15, 0.2) is 17.6 Å². The summed E-state index contributed by atoms with van der Waals surface area (Å²) in [6, 6.07) is 3.36. The Hall–Kier alpha value is -1.46. The van der Waals surface area contributed by atoms with Crippen molar-refractivity contribution in [3.8, 4) is 11.5 Å². The van der Waals surface area contributed by atoms with Gasteiger partial charge in [0.1, 0.15) is 0 Å². The molecule has 1 amide bonds.